The third-order valence-electron chi connectivity index (χ3n) is 4.73. The van der Waals surface area contributed by atoms with Crippen molar-refractivity contribution in [2.45, 2.75) is 57.3 Å². The number of rotatable bonds is 8. The molecule has 2 heterocycles. The standard InChI is InChI=1S/C19H26N4O3S/c1-3-13-7-5-8-14(4-2)17(13)20-16(24)12-27-19-22-21-18(25)23(19)11-15-9-6-10-26-15/h5,7-8,15H,3-4,6,9-12H2,1-2H3,(H,20,24)(H,21,25)/t15-/m1/s1. The molecule has 0 aliphatic carbocycles. The van der Waals surface area contributed by atoms with Crippen LogP contribution in [0.25, 0.3) is 0 Å². The molecule has 1 saturated heterocycles. The molecule has 1 aliphatic heterocycles. The van der Waals surface area contributed by atoms with Gasteiger partial charge in [0.1, 0.15) is 0 Å². The predicted molar refractivity (Wildman–Crippen MR) is 106 cm³/mol. The Balaban J connectivity index is 1.64. The number of aryl methyl sites for hydroxylation is 2. The Labute approximate surface area is 162 Å². The molecule has 1 aromatic carbocycles. The summed E-state index contributed by atoms with van der Waals surface area (Å²) in [7, 11) is 0. The van der Waals surface area contributed by atoms with Crippen LogP contribution in [0.1, 0.15) is 37.8 Å². The number of H-pyrrole nitrogens is 1. The van der Waals surface area contributed by atoms with E-state index in [1.165, 1.54) is 11.8 Å². The van der Waals surface area contributed by atoms with Crippen molar-refractivity contribution in [2.75, 3.05) is 17.7 Å². The van der Waals surface area contributed by atoms with Crippen LogP contribution >= 0.6 is 11.8 Å². The summed E-state index contributed by atoms with van der Waals surface area (Å²) in [5, 5.41) is 10.1. The fourth-order valence-corrected chi connectivity index (χ4v) is 4.03. The summed E-state index contributed by atoms with van der Waals surface area (Å²) in [5.74, 6) is 0.0894. The van der Waals surface area contributed by atoms with Gasteiger partial charge in [-0.1, -0.05) is 43.8 Å². The summed E-state index contributed by atoms with van der Waals surface area (Å²) in [6.07, 6.45) is 3.71. The van der Waals surface area contributed by atoms with Crippen molar-refractivity contribution in [3.05, 3.63) is 39.8 Å². The van der Waals surface area contributed by atoms with Gasteiger partial charge in [-0.3, -0.25) is 9.36 Å². The second-order valence-electron chi connectivity index (χ2n) is 6.55. The summed E-state index contributed by atoms with van der Waals surface area (Å²) in [5.41, 5.74) is 2.90. The van der Waals surface area contributed by atoms with E-state index >= 15 is 0 Å². The quantitative estimate of drug-likeness (QED) is 0.677. The normalized spacial score (nSPS) is 16.6. The van der Waals surface area contributed by atoms with Gasteiger partial charge in [0.15, 0.2) is 5.16 Å². The first-order valence-corrected chi connectivity index (χ1v) is 10.4. The zero-order valence-electron chi connectivity index (χ0n) is 15.8. The maximum absolute atomic E-state index is 12.5. The van der Waals surface area contributed by atoms with Gasteiger partial charge in [-0.15, -0.1) is 5.10 Å². The van der Waals surface area contributed by atoms with E-state index in [-0.39, 0.29) is 23.5 Å². The molecule has 3 rings (SSSR count). The van der Waals surface area contributed by atoms with Crippen LogP contribution in [0.3, 0.4) is 0 Å². The second-order valence-corrected chi connectivity index (χ2v) is 7.49. The Kier molecular flexibility index (Phi) is 6.73. The number of thioether (sulfide) groups is 1. The number of amides is 1. The second kappa shape index (κ2) is 9.23. The molecule has 2 aromatic rings. The van der Waals surface area contributed by atoms with E-state index < -0.39 is 0 Å². The number of benzene rings is 1. The maximum atomic E-state index is 12.5. The number of aromatic amines is 1. The summed E-state index contributed by atoms with van der Waals surface area (Å²) >= 11 is 1.26. The number of carbonyl (C=O) groups is 1. The molecular formula is C19H26N4O3S. The topological polar surface area (TPSA) is 89.0 Å². The first-order valence-electron chi connectivity index (χ1n) is 9.42. The fraction of sp³-hybridized carbons (Fsp3) is 0.526. The van der Waals surface area contributed by atoms with Crippen molar-refractivity contribution >= 4 is 23.4 Å². The maximum Gasteiger partial charge on any atom is 0.344 e. The van der Waals surface area contributed by atoms with Gasteiger partial charge in [-0.05, 0) is 36.8 Å². The number of carbonyl (C=O) groups excluding carboxylic acids is 1. The van der Waals surface area contributed by atoms with Crippen LogP contribution < -0.4 is 11.0 Å². The van der Waals surface area contributed by atoms with Crippen LogP contribution in [0, 0.1) is 0 Å². The van der Waals surface area contributed by atoms with Gasteiger partial charge in [0, 0.05) is 12.3 Å². The van der Waals surface area contributed by atoms with Crippen LogP contribution in [0.15, 0.2) is 28.2 Å². The lowest BCUT2D eigenvalue weighted by Crippen LogP contribution is -2.25. The molecule has 1 aromatic heterocycles. The smallest absolute Gasteiger partial charge is 0.344 e. The molecule has 0 spiro atoms. The minimum atomic E-state index is -0.266. The first kappa shape index (κ1) is 19.7. The predicted octanol–water partition coefficient (Wildman–Crippen LogP) is 2.61. The molecule has 7 nitrogen and oxygen atoms in total. The molecule has 2 N–H and O–H groups in total. The summed E-state index contributed by atoms with van der Waals surface area (Å²) in [4.78, 5) is 24.5. The molecule has 1 atom stereocenters. The Morgan fingerprint density at radius 1 is 1.37 bits per heavy atom. The molecule has 146 valence electrons. The van der Waals surface area contributed by atoms with Crippen LogP contribution in [0.4, 0.5) is 5.69 Å². The van der Waals surface area contributed by atoms with Crippen LogP contribution in [0.5, 0.6) is 0 Å². The molecule has 0 saturated carbocycles. The lowest BCUT2D eigenvalue weighted by Gasteiger charge is -2.14. The van der Waals surface area contributed by atoms with E-state index in [0.29, 0.717) is 11.7 Å². The van der Waals surface area contributed by atoms with Gasteiger partial charge in [0.2, 0.25) is 5.91 Å². The minimum Gasteiger partial charge on any atom is -0.376 e. The van der Waals surface area contributed by atoms with Gasteiger partial charge >= 0.3 is 5.69 Å². The lowest BCUT2D eigenvalue weighted by atomic mass is 10.0. The molecule has 0 bridgehead atoms. The molecule has 1 fully saturated rings. The van der Waals surface area contributed by atoms with Crippen molar-refractivity contribution in [3.8, 4) is 0 Å². The van der Waals surface area contributed by atoms with E-state index in [9.17, 15) is 9.59 Å². The van der Waals surface area contributed by atoms with Crippen LogP contribution in [0.2, 0.25) is 0 Å². The van der Waals surface area contributed by atoms with E-state index in [4.69, 9.17) is 4.74 Å². The van der Waals surface area contributed by atoms with Gasteiger partial charge < -0.3 is 10.1 Å². The fourth-order valence-electron chi connectivity index (χ4n) is 3.28. The average Bonchev–Trinajstić information content (AvgIpc) is 3.31. The number of nitrogens with zero attached hydrogens (tertiary/aromatic N) is 2. The molecule has 8 heteroatoms. The van der Waals surface area contributed by atoms with Crippen LogP contribution in [-0.2, 0) is 28.9 Å². The summed E-state index contributed by atoms with van der Waals surface area (Å²) in [6.45, 7) is 5.36. The van der Waals surface area contributed by atoms with E-state index in [1.54, 1.807) is 4.57 Å². The highest BCUT2D eigenvalue weighted by molar-refractivity contribution is 7.99. The highest BCUT2D eigenvalue weighted by atomic mass is 32.2. The van der Waals surface area contributed by atoms with Gasteiger partial charge in [-0.2, -0.15) is 0 Å². The van der Waals surface area contributed by atoms with Gasteiger partial charge in [-0.25, -0.2) is 9.89 Å². The summed E-state index contributed by atoms with van der Waals surface area (Å²) in [6, 6.07) is 6.10. The summed E-state index contributed by atoms with van der Waals surface area (Å²) < 4.78 is 7.16. The van der Waals surface area contributed by atoms with Gasteiger partial charge in [0.25, 0.3) is 0 Å². The third-order valence-corrected chi connectivity index (χ3v) is 5.71. The van der Waals surface area contributed by atoms with Crippen molar-refractivity contribution in [1.82, 2.24) is 14.8 Å². The molecular weight excluding hydrogens is 364 g/mol. The SMILES string of the molecule is CCc1cccc(CC)c1NC(=O)CSc1n[nH]c(=O)n1C[C@H]1CCCO1. The largest absolute Gasteiger partial charge is 0.376 e. The third kappa shape index (κ3) is 4.81. The Hall–Kier alpha value is -2.06. The number of hydrogen-bond donors (Lipinski definition) is 2. The monoisotopic (exact) mass is 390 g/mol. The van der Waals surface area contributed by atoms with E-state index in [0.717, 1.165) is 49.1 Å². The molecule has 1 amide bonds. The number of aromatic nitrogens is 3. The van der Waals surface area contributed by atoms with Crippen molar-refractivity contribution in [2.24, 2.45) is 0 Å². The highest BCUT2D eigenvalue weighted by Gasteiger charge is 2.20. The van der Waals surface area contributed by atoms with E-state index in [2.05, 4.69) is 29.4 Å². The Morgan fingerprint density at radius 2 is 2.11 bits per heavy atom. The molecule has 27 heavy (non-hydrogen) atoms. The number of nitrogens with one attached hydrogen (secondary N) is 2. The van der Waals surface area contributed by atoms with E-state index in [1.807, 2.05) is 18.2 Å². The van der Waals surface area contributed by atoms with Gasteiger partial charge in [0.05, 0.1) is 18.4 Å². The number of anilines is 1. The Morgan fingerprint density at radius 3 is 2.74 bits per heavy atom. The Bertz CT molecular complexity index is 817. The number of hydrogen-bond acceptors (Lipinski definition) is 5. The van der Waals surface area contributed by atoms with Crippen LogP contribution in [-0.4, -0.2) is 39.1 Å². The minimum absolute atomic E-state index is 0.0389. The molecule has 0 radical (unpaired) electrons. The first-order chi connectivity index (χ1) is 13.1. The zero-order chi connectivity index (χ0) is 19.2. The van der Waals surface area contributed by atoms with Crippen molar-refractivity contribution < 1.29 is 9.53 Å². The average molecular weight is 391 g/mol. The number of ether oxygens (including phenoxy) is 1. The molecule has 1 aliphatic rings. The highest BCUT2D eigenvalue weighted by Crippen LogP contribution is 2.23. The van der Waals surface area contributed by atoms with Crippen molar-refractivity contribution in [1.29, 1.82) is 0 Å². The number of para-hydroxylation sites is 1. The zero-order valence-corrected chi connectivity index (χ0v) is 16.6. The van der Waals surface area contributed by atoms with Crippen molar-refractivity contribution in [3.63, 3.8) is 0 Å². The molecule has 0 unspecified atom stereocenters. The lowest BCUT2D eigenvalue weighted by molar-refractivity contribution is -0.113.